The summed E-state index contributed by atoms with van der Waals surface area (Å²) in [5.74, 6) is 1.32. The number of hydrogen-bond donors (Lipinski definition) is 1. The van der Waals surface area contributed by atoms with Crippen LogP contribution in [-0.2, 0) is 6.42 Å². The zero-order valence-electron chi connectivity index (χ0n) is 21.3. The van der Waals surface area contributed by atoms with Crippen molar-refractivity contribution >= 4 is 10.8 Å². The number of hydrogen-bond acceptors (Lipinski definition) is 4. The summed E-state index contributed by atoms with van der Waals surface area (Å²) in [6.45, 7) is 3.92. The third-order valence-corrected chi connectivity index (χ3v) is 7.26. The largest absolute Gasteiger partial charge is 0.497 e. The predicted octanol–water partition coefficient (Wildman–Crippen LogP) is 6.52. The summed E-state index contributed by atoms with van der Waals surface area (Å²) >= 11 is 0. The predicted molar refractivity (Wildman–Crippen MR) is 146 cm³/mol. The van der Waals surface area contributed by atoms with Crippen molar-refractivity contribution in [1.82, 2.24) is 4.90 Å². The number of fused-ring (bicyclic) bond motifs is 1. The normalized spacial score (nSPS) is 15.0. The van der Waals surface area contributed by atoms with Gasteiger partial charge in [0.15, 0.2) is 0 Å². The average molecular weight is 500 g/mol. The number of benzene rings is 4. The molecule has 1 heterocycles. The molecular weight excluding hydrogens is 465 g/mol. The van der Waals surface area contributed by atoms with Gasteiger partial charge in [0.05, 0.1) is 7.11 Å². The van der Waals surface area contributed by atoms with Crippen molar-refractivity contribution in [2.45, 2.75) is 31.8 Å². The molecule has 1 aliphatic rings. The molecule has 4 aromatic carbocycles. The van der Waals surface area contributed by atoms with Gasteiger partial charge in [0.1, 0.15) is 30.0 Å². The van der Waals surface area contributed by atoms with E-state index < -0.39 is 6.10 Å². The fourth-order valence-electron chi connectivity index (χ4n) is 5.19. The summed E-state index contributed by atoms with van der Waals surface area (Å²) in [5, 5.41) is 13.6. The van der Waals surface area contributed by atoms with Gasteiger partial charge in [-0.05, 0) is 102 Å². The second-order valence-corrected chi connectivity index (χ2v) is 9.75. The number of ether oxygens (including phenoxy) is 2. The summed E-state index contributed by atoms with van der Waals surface area (Å²) in [5.41, 5.74) is 3.63. The molecule has 5 rings (SSSR count). The molecule has 1 fully saturated rings. The van der Waals surface area contributed by atoms with E-state index in [9.17, 15) is 9.50 Å². The zero-order valence-corrected chi connectivity index (χ0v) is 21.3. The van der Waals surface area contributed by atoms with Crippen LogP contribution in [0.3, 0.4) is 0 Å². The van der Waals surface area contributed by atoms with Gasteiger partial charge in [0.2, 0.25) is 0 Å². The molecule has 0 radical (unpaired) electrons. The van der Waals surface area contributed by atoms with Crippen LogP contribution in [0.4, 0.5) is 4.39 Å². The van der Waals surface area contributed by atoms with E-state index in [4.69, 9.17) is 9.47 Å². The highest BCUT2D eigenvalue weighted by atomic mass is 19.1. The molecule has 192 valence electrons. The fourth-order valence-corrected chi connectivity index (χ4v) is 5.19. The van der Waals surface area contributed by atoms with Crippen LogP contribution in [-0.4, -0.2) is 43.4 Å². The summed E-state index contributed by atoms with van der Waals surface area (Å²) in [7, 11) is 1.65. The Kier molecular flexibility index (Phi) is 8.02. The Morgan fingerprint density at radius 3 is 2.32 bits per heavy atom. The third-order valence-electron chi connectivity index (χ3n) is 7.26. The van der Waals surface area contributed by atoms with Gasteiger partial charge in [-0.3, -0.25) is 4.90 Å². The second kappa shape index (κ2) is 11.8. The average Bonchev–Trinajstić information content (AvgIpc) is 2.94. The van der Waals surface area contributed by atoms with Gasteiger partial charge >= 0.3 is 0 Å². The minimum Gasteiger partial charge on any atom is -0.497 e. The Morgan fingerprint density at radius 2 is 1.59 bits per heavy atom. The van der Waals surface area contributed by atoms with E-state index in [2.05, 4.69) is 4.90 Å². The van der Waals surface area contributed by atoms with Crippen LogP contribution in [0.25, 0.3) is 10.8 Å². The van der Waals surface area contributed by atoms with Gasteiger partial charge in [0.25, 0.3) is 0 Å². The second-order valence-electron chi connectivity index (χ2n) is 9.75. The lowest BCUT2D eigenvalue weighted by Crippen LogP contribution is -2.33. The van der Waals surface area contributed by atoms with Crippen LogP contribution >= 0.6 is 0 Å². The molecule has 0 spiro atoms. The quantitative estimate of drug-likeness (QED) is 0.285. The number of nitrogens with zero attached hydrogens (tertiary/aromatic N) is 1. The molecule has 4 aromatic rings. The molecule has 37 heavy (non-hydrogen) atoms. The first-order valence-electron chi connectivity index (χ1n) is 13.1. The maximum absolute atomic E-state index is 13.5. The maximum atomic E-state index is 13.5. The maximum Gasteiger partial charge on any atom is 0.123 e. The highest BCUT2D eigenvalue weighted by Gasteiger charge is 2.19. The number of piperidine rings is 1. The molecule has 4 nitrogen and oxygen atoms in total. The molecule has 0 saturated carbocycles. The minimum atomic E-state index is -0.824. The van der Waals surface area contributed by atoms with Crippen LogP contribution < -0.4 is 9.47 Å². The van der Waals surface area contributed by atoms with Crippen molar-refractivity contribution in [2.75, 3.05) is 33.4 Å². The molecular formula is C32H34FNO3. The van der Waals surface area contributed by atoms with Crippen molar-refractivity contribution in [2.24, 2.45) is 0 Å². The Morgan fingerprint density at radius 1 is 0.865 bits per heavy atom. The summed E-state index contributed by atoms with van der Waals surface area (Å²) in [6, 6.07) is 24.3. The third kappa shape index (κ3) is 6.12. The lowest BCUT2D eigenvalue weighted by atomic mass is 9.88. The van der Waals surface area contributed by atoms with Crippen LogP contribution in [0.15, 0.2) is 78.9 Å². The van der Waals surface area contributed by atoms with E-state index >= 15 is 0 Å². The van der Waals surface area contributed by atoms with Gasteiger partial charge in [-0.25, -0.2) is 4.39 Å². The van der Waals surface area contributed by atoms with Crippen LogP contribution in [0, 0.1) is 5.82 Å². The summed E-state index contributed by atoms with van der Waals surface area (Å²) < 4.78 is 24.9. The van der Waals surface area contributed by atoms with E-state index in [-0.39, 0.29) is 5.82 Å². The van der Waals surface area contributed by atoms with E-state index in [0.29, 0.717) is 13.0 Å². The van der Waals surface area contributed by atoms with Gasteiger partial charge in [-0.1, -0.05) is 48.9 Å². The molecule has 0 bridgehead atoms. The Balaban J connectivity index is 1.39. The molecule has 0 amide bonds. The van der Waals surface area contributed by atoms with E-state index in [0.717, 1.165) is 64.2 Å². The van der Waals surface area contributed by atoms with Crippen molar-refractivity contribution in [3.8, 4) is 11.5 Å². The van der Waals surface area contributed by atoms with Gasteiger partial charge in [0, 0.05) is 6.54 Å². The standard InChI is InChI=1S/C32H34FNO3/c1-36-29-15-16-30-25(22-29)7-8-26(21-23-5-11-27(33)12-6-23)31(30)32(35)24-9-13-28(14-10-24)37-20-19-34-17-3-2-4-18-34/h5-16,22,32,35H,2-4,17-21H2,1H3. The molecule has 1 N–H and O–H groups in total. The van der Waals surface area contributed by atoms with E-state index in [1.54, 1.807) is 19.2 Å². The lowest BCUT2D eigenvalue weighted by Gasteiger charge is -2.26. The molecule has 0 aliphatic carbocycles. The number of halogens is 1. The number of rotatable bonds is 9. The molecule has 0 aromatic heterocycles. The van der Waals surface area contributed by atoms with E-state index in [1.807, 2.05) is 54.6 Å². The van der Waals surface area contributed by atoms with Crippen LogP contribution in [0.1, 0.15) is 47.6 Å². The number of aliphatic hydroxyl groups excluding tert-OH is 1. The highest BCUT2D eigenvalue weighted by molar-refractivity contribution is 5.89. The van der Waals surface area contributed by atoms with Crippen molar-refractivity contribution in [3.63, 3.8) is 0 Å². The number of aliphatic hydroxyl groups is 1. The topological polar surface area (TPSA) is 41.9 Å². The van der Waals surface area contributed by atoms with Gasteiger partial charge in [-0.15, -0.1) is 0 Å². The Labute approximate surface area is 218 Å². The Bertz CT molecular complexity index is 1310. The zero-order chi connectivity index (χ0) is 25.6. The first-order chi connectivity index (χ1) is 18.1. The SMILES string of the molecule is COc1ccc2c(C(O)c3ccc(OCCN4CCCCC4)cc3)c(Cc3ccc(F)cc3)ccc2c1. The molecule has 1 saturated heterocycles. The summed E-state index contributed by atoms with van der Waals surface area (Å²) in [6.07, 6.45) is 3.64. The fraction of sp³-hybridized carbons (Fsp3) is 0.312. The first-order valence-corrected chi connectivity index (χ1v) is 13.1. The van der Waals surface area contributed by atoms with Gasteiger partial charge < -0.3 is 14.6 Å². The lowest BCUT2D eigenvalue weighted by molar-refractivity contribution is 0.183. The molecule has 1 atom stereocenters. The monoisotopic (exact) mass is 499 g/mol. The number of methoxy groups -OCH3 is 1. The molecule has 5 heteroatoms. The number of likely N-dealkylation sites (tertiary alicyclic amines) is 1. The minimum absolute atomic E-state index is 0.257. The highest BCUT2D eigenvalue weighted by Crippen LogP contribution is 2.35. The van der Waals surface area contributed by atoms with Crippen LogP contribution in [0.2, 0.25) is 0 Å². The van der Waals surface area contributed by atoms with Gasteiger partial charge in [-0.2, -0.15) is 0 Å². The smallest absolute Gasteiger partial charge is 0.123 e. The Hall–Kier alpha value is -3.41. The first kappa shape index (κ1) is 25.2. The van der Waals surface area contributed by atoms with Crippen molar-refractivity contribution < 1.29 is 19.0 Å². The summed E-state index contributed by atoms with van der Waals surface area (Å²) in [4.78, 5) is 2.46. The van der Waals surface area contributed by atoms with E-state index in [1.165, 1.54) is 31.4 Å². The molecule has 1 aliphatic heterocycles. The molecule has 1 unspecified atom stereocenters. The van der Waals surface area contributed by atoms with Crippen molar-refractivity contribution in [3.05, 3.63) is 107 Å². The van der Waals surface area contributed by atoms with Crippen molar-refractivity contribution in [1.29, 1.82) is 0 Å². The van der Waals surface area contributed by atoms with Crippen LogP contribution in [0.5, 0.6) is 11.5 Å².